The Morgan fingerprint density at radius 1 is 1.04 bits per heavy atom. The van der Waals surface area contributed by atoms with Crippen LogP contribution in [0.3, 0.4) is 0 Å². The summed E-state index contributed by atoms with van der Waals surface area (Å²) in [6.45, 7) is 3.97. The lowest BCUT2D eigenvalue weighted by Crippen LogP contribution is -2.32. The molecule has 0 N–H and O–H groups in total. The van der Waals surface area contributed by atoms with E-state index in [1.165, 1.54) is 12.1 Å². The molecule has 0 spiro atoms. The van der Waals surface area contributed by atoms with Gasteiger partial charge in [0.2, 0.25) is 5.91 Å². The molecule has 0 unspecified atom stereocenters. The Bertz CT molecular complexity index is 719. The number of nitrogens with zero attached hydrogens (tertiary/aromatic N) is 3. The second-order valence-electron chi connectivity index (χ2n) is 6.77. The number of pyridine rings is 1. The number of rotatable bonds is 4. The molecule has 2 atom stereocenters. The van der Waals surface area contributed by atoms with Gasteiger partial charge in [0.25, 0.3) is 0 Å². The first-order valence-electron chi connectivity index (χ1n) is 8.33. The van der Waals surface area contributed by atoms with Crippen LogP contribution in [0.5, 0.6) is 0 Å². The van der Waals surface area contributed by atoms with Crippen molar-refractivity contribution in [2.45, 2.75) is 13.1 Å². The maximum atomic E-state index is 13.0. The molecule has 0 aliphatic carbocycles. The van der Waals surface area contributed by atoms with Gasteiger partial charge in [-0.2, -0.15) is 0 Å². The van der Waals surface area contributed by atoms with Crippen molar-refractivity contribution in [1.29, 1.82) is 0 Å². The Morgan fingerprint density at radius 2 is 1.88 bits per heavy atom. The first-order valence-corrected chi connectivity index (χ1v) is 8.33. The number of amides is 1. The highest BCUT2D eigenvalue weighted by atomic mass is 19.1. The van der Waals surface area contributed by atoms with Crippen molar-refractivity contribution >= 4 is 5.91 Å². The molecule has 0 saturated carbocycles. The van der Waals surface area contributed by atoms with Gasteiger partial charge in [-0.15, -0.1) is 0 Å². The lowest BCUT2D eigenvalue weighted by atomic mass is 10.0. The molecule has 2 aliphatic heterocycles. The van der Waals surface area contributed by atoms with Gasteiger partial charge in [0, 0.05) is 51.0 Å². The van der Waals surface area contributed by atoms with Crippen LogP contribution in [0.25, 0.3) is 0 Å². The van der Waals surface area contributed by atoms with Crippen molar-refractivity contribution < 1.29 is 9.18 Å². The summed E-state index contributed by atoms with van der Waals surface area (Å²) >= 11 is 0. The fraction of sp³-hybridized carbons (Fsp3) is 0.368. The van der Waals surface area contributed by atoms with Crippen LogP contribution >= 0.6 is 0 Å². The molecule has 0 radical (unpaired) electrons. The average Bonchev–Trinajstić information content (AvgIpc) is 3.10. The van der Waals surface area contributed by atoms with Gasteiger partial charge in [0.15, 0.2) is 0 Å². The first-order chi connectivity index (χ1) is 11.7. The van der Waals surface area contributed by atoms with E-state index in [9.17, 15) is 9.18 Å². The molecule has 24 heavy (non-hydrogen) atoms. The van der Waals surface area contributed by atoms with E-state index >= 15 is 0 Å². The Kier molecular flexibility index (Phi) is 4.02. The first kappa shape index (κ1) is 15.3. The number of carbonyl (C=O) groups is 1. The number of likely N-dealkylation sites (tertiary alicyclic amines) is 2. The molecule has 1 aromatic carbocycles. The second-order valence-corrected chi connectivity index (χ2v) is 6.77. The van der Waals surface area contributed by atoms with Crippen molar-refractivity contribution in [3.8, 4) is 0 Å². The number of hydrogen-bond donors (Lipinski definition) is 0. The summed E-state index contributed by atoms with van der Waals surface area (Å²) in [5.41, 5.74) is 2.17. The highest BCUT2D eigenvalue weighted by Crippen LogP contribution is 2.33. The number of carbonyl (C=O) groups excluding carboxylic acids is 1. The summed E-state index contributed by atoms with van der Waals surface area (Å²) in [6.07, 6.45) is 3.57. The molecular formula is C19H20FN3O. The smallest absolute Gasteiger partial charge is 0.227 e. The minimum absolute atomic E-state index is 0.0992. The van der Waals surface area contributed by atoms with E-state index in [4.69, 9.17) is 0 Å². The van der Waals surface area contributed by atoms with Crippen LogP contribution in [0.2, 0.25) is 0 Å². The topological polar surface area (TPSA) is 36.4 Å². The summed E-state index contributed by atoms with van der Waals surface area (Å²) < 4.78 is 13.0. The molecule has 2 saturated heterocycles. The molecule has 124 valence electrons. The Morgan fingerprint density at radius 3 is 2.58 bits per heavy atom. The molecule has 2 aliphatic rings. The molecule has 3 heterocycles. The molecule has 2 fully saturated rings. The van der Waals surface area contributed by atoms with E-state index in [1.807, 2.05) is 35.4 Å². The minimum Gasteiger partial charge on any atom is -0.338 e. The van der Waals surface area contributed by atoms with Gasteiger partial charge >= 0.3 is 0 Å². The molecule has 2 aromatic rings. The standard InChI is InChI=1S/C19H20FN3O/c20-17-5-3-14(4-6-17)9-22-11-16-12-23(19(24)18(16)13-22)10-15-2-1-7-21-8-15/h1-8,16,18H,9-13H2/t16-,18-/m1/s1. The van der Waals surface area contributed by atoms with E-state index in [0.717, 1.165) is 37.3 Å². The zero-order valence-corrected chi connectivity index (χ0v) is 13.4. The van der Waals surface area contributed by atoms with E-state index in [-0.39, 0.29) is 17.6 Å². The highest BCUT2D eigenvalue weighted by Gasteiger charge is 2.45. The number of aromatic nitrogens is 1. The predicted molar refractivity (Wildman–Crippen MR) is 88.3 cm³/mol. The van der Waals surface area contributed by atoms with Gasteiger partial charge in [0.1, 0.15) is 5.82 Å². The second kappa shape index (κ2) is 6.32. The molecule has 5 heteroatoms. The van der Waals surface area contributed by atoms with Crippen LogP contribution in [0.4, 0.5) is 4.39 Å². The summed E-state index contributed by atoms with van der Waals surface area (Å²) in [4.78, 5) is 21.0. The third kappa shape index (κ3) is 3.04. The van der Waals surface area contributed by atoms with Gasteiger partial charge in [-0.1, -0.05) is 18.2 Å². The summed E-state index contributed by atoms with van der Waals surface area (Å²) in [5.74, 6) is 0.542. The monoisotopic (exact) mass is 325 g/mol. The van der Waals surface area contributed by atoms with Crippen molar-refractivity contribution in [2.75, 3.05) is 19.6 Å². The third-order valence-corrected chi connectivity index (χ3v) is 5.02. The van der Waals surface area contributed by atoms with Crippen molar-refractivity contribution in [3.63, 3.8) is 0 Å². The summed E-state index contributed by atoms with van der Waals surface area (Å²) in [7, 11) is 0. The average molecular weight is 325 g/mol. The van der Waals surface area contributed by atoms with Gasteiger partial charge in [-0.05, 0) is 29.3 Å². The van der Waals surface area contributed by atoms with Gasteiger partial charge < -0.3 is 4.90 Å². The van der Waals surface area contributed by atoms with Crippen LogP contribution in [0, 0.1) is 17.7 Å². The number of hydrogen-bond acceptors (Lipinski definition) is 3. The zero-order chi connectivity index (χ0) is 16.5. The molecular weight excluding hydrogens is 305 g/mol. The summed E-state index contributed by atoms with van der Waals surface area (Å²) in [6, 6.07) is 10.5. The Labute approximate surface area is 140 Å². The maximum absolute atomic E-state index is 13.0. The fourth-order valence-electron chi connectivity index (χ4n) is 3.86. The summed E-state index contributed by atoms with van der Waals surface area (Å²) in [5, 5.41) is 0. The maximum Gasteiger partial charge on any atom is 0.227 e. The molecule has 1 aromatic heterocycles. The fourth-order valence-corrected chi connectivity index (χ4v) is 3.86. The van der Waals surface area contributed by atoms with Gasteiger partial charge in [-0.3, -0.25) is 14.7 Å². The predicted octanol–water partition coefficient (Wildman–Crippen LogP) is 2.31. The van der Waals surface area contributed by atoms with E-state index in [1.54, 1.807) is 6.20 Å². The van der Waals surface area contributed by atoms with Crippen LogP contribution < -0.4 is 0 Å². The van der Waals surface area contributed by atoms with Crippen LogP contribution in [0.1, 0.15) is 11.1 Å². The molecule has 1 amide bonds. The molecule has 4 nitrogen and oxygen atoms in total. The van der Waals surface area contributed by atoms with E-state index < -0.39 is 0 Å². The van der Waals surface area contributed by atoms with Crippen LogP contribution in [-0.4, -0.2) is 40.3 Å². The number of halogens is 1. The van der Waals surface area contributed by atoms with Gasteiger partial charge in [0.05, 0.1) is 5.92 Å². The number of benzene rings is 1. The van der Waals surface area contributed by atoms with Crippen LogP contribution in [-0.2, 0) is 17.9 Å². The third-order valence-electron chi connectivity index (χ3n) is 5.02. The lowest BCUT2D eigenvalue weighted by molar-refractivity contribution is -0.131. The quantitative estimate of drug-likeness (QED) is 0.865. The van der Waals surface area contributed by atoms with E-state index in [0.29, 0.717) is 12.5 Å². The van der Waals surface area contributed by atoms with Crippen molar-refractivity contribution in [1.82, 2.24) is 14.8 Å². The largest absolute Gasteiger partial charge is 0.338 e. The lowest BCUT2D eigenvalue weighted by Gasteiger charge is -2.21. The SMILES string of the molecule is O=C1[C@@H]2CN(Cc3ccc(F)cc3)C[C@@H]2CN1Cc1cccnc1. The van der Waals surface area contributed by atoms with Crippen molar-refractivity contribution in [3.05, 3.63) is 65.7 Å². The highest BCUT2D eigenvalue weighted by molar-refractivity contribution is 5.82. The van der Waals surface area contributed by atoms with E-state index in [2.05, 4.69) is 9.88 Å². The van der Waals surface area contributed by atoms with Crippen molar-refractivity contribution in [2.24, 2.45) is 11.8 Å². The molecule has 4 rings (SSSR count). The Balaban J connectivity index is 1.36. The van der Waals surface area contributed by atoms with Gasteiger partial charge in [-0.25, -0.2) is 4.39 Å². The van der Waals surface area contributed by atoms with Crippen LogP contribution in [0.15, 0.2) is 48.8 Å². The minimum atomic E-state index is -0.210. The normalized spacial score (nSPS) is 23.7. The zero-order valence-electron chi connectivity index (χ0n) is 13.4. The molecule has 0 bridgehead atoms. The number of fused-ring (bicyclic) bond motifs is 1. The Hall–Kier alpha value is -2.27.